The number of fused-ring (bicyclic) bond motifs is 1. The first kappa shape index (κ1) is 11.5. The van der Waals surface area contributed by atoms with Crippen LogP contribution in [0.1, 0.15) is 5.76 Å². The molecule has 0 unspecified atom stereocenters. The molecule has 0 saturated carbocycles. The van der Waals surface area contributed by atoms with E-state index in [0.717, 1.165) is 31.4 Å². The Morgan fingerprint density at radius 2 is 1.88 bits per heavy atom. The standard InChI is InChI=1S/C12H12O3Te/c1-7-4-11(16)12-9(14-3)5-8(13-2)6-10(12)15-7/h4-6H,1-3H3. The summed E-state index contributed by atoms with van der Waals surface area (Å²) in [5.41, 5.74) is 0.788. The van der Waals surface area contributed by atoms with Gasteiger partial charge in [0.05, 0.1) is 0 Å². The fourth-order valence-corrected chi connectivity index (χ4v) is 2.68. The molecule has 2 aromatic rings. The maximum absolute atomic E-state index is 5.67. The van der Waals surface area contributed by atoms with Gasteiger partial charge in [0, 0.05) is 0 Å². The minimum absolute atomic E-state index is 0.735. The van der Waals surface area contributed by atoms with Gasteiger partial charge in [-0.2, -0.15) is 0 Å². The summed E-state index contributed by atoms with van der Waals surface area (Å²) < 4.78 is 17.4. The van der Waals surface area contributed by atoms with E-state index < -0.39 is 0 Å². The first-order valence-electron chi connectivity index (χ1n) is 4.82. The normalized spacial score (nSPS) is 10.4. The summed E-state index contributed by atoms with van der Waals surface area (Å²) >= 11 is 1.96. The first-order chi connectivity index (χ1) is 7.65. The van der Waals surface area contributed by atoms with Gasteiger partial charge in [-0.15, -0.1) is 0 Å². The average Bonchev–Trinajstić information content (AvgIpc) is 2.26. The Kier molecular flexibility index (Phi) is 3.22. The number of aryl methyl sites for hydroxylation is 1. The van der Waals surface area contributed by atoms with Crippen molar-refractivity contribution in [2.24, 2.45) is 0 Å². The number of hydrogen-bond acceptors (Lipinski definition) is 3. The van der Waals surface area contributed by atoms with Crippen molar-refractivity contribution in [1.29, 1.82) is 0 Å². The van der Waals surface area contributed by atoms with E-state index in [2.05, 4.69) is 0 Å². The van der Waals surface area contributed by atoms with Gasteiger partial charge in [0.1, 0.15) is 0 Å². The van der Waals surface area contributed by atoms with E-state index in [1.807, 2.05) is 46.9 Å². The number of rotatable bonds is 2. The fraction of sp³-hybridized carbons (Fsp3) is 0.250. The van der Waals surface area contributed by atoms with Crippen LogP contribution in [0, 0.1) is 10.1 Å². The Morgan fingerprint density at radius 1 is 1.12 bits per heavy atom. The molecule has 1 aromatic carbocycles. The second-order valence-electron chi connectivity index (χ2n) is 3.42. The van der Waals surface area contributed by atoms with Crippen LogP contribution < -0.4 is 9.47 Å². The molecule has 0 fully saturated rings. The molecule has 0 aliphatic carbocycles. The van der Waals surface area contributed by atoms with Crippen LogP contribution in [0.15, 0.2) is 22.6 Å². The number of ether oxygens (including phenoxy) is 2. The molecule has 84 valence electrons. The van der Waals surface area contributed by atoms with Gasteiger partial charge in [-0.25, -0.2) is 0 Å². The summed E-state index contributed by atoms with van der Waals surface area (Å²) in [4.78, 5) is 0. The van der Waals surface area contributed by atoms with E-state index in [1.54, 1.807) is 14.2 Å². The van der Waals surface area contributed by atoms with E-state index in [9.17, 15) is 0 Å². The molecule has 16 heavy (non-hydrogen) atoms. The molecule has 0 N–H and O–H groups in total. The molecule has 0 aliphatic heterocycles. The molecule has 0 saturated heterocycles. The second kappa shape index (κ2) is 4.48. The van der Waals surface area contributed by atoms with Crippen molar-refractivity contribution in [2.45, 2.75) is 6.92 Å². The SMILES string of the molecule is COc1cc(OC)c2c(=[Te])cc(C)oc2c1. The zero-order chi connectivity index (χ0) is 11.7. The van der Waals surface area contributed by atoms with Gasteiger partial charge < -0.3 is 0 Å². The summed E-state index contributed by atoms with van der Waals surface area (Å²) in [5, 5.41) is 0.999. The van der Waals surface area contributed by atoms with Gasteiger partial charge in [0.25, 0.3) is 0 Å². The Balaban J connectivity index is 2.89. The van der Waals surface area contributed by atoms with Gasteiger partial charge >= 0.3 is 106 Å². The molecule has 0 atom stereocenters. The molecule has 2 rings (SSSR count). The van der Waals surface area contributed by atoms with Gasteiger partial charge in [0.15, 0.2) is 0 Å². The Hall–Kier alpha value is -0.980. The monoisotopic (exact) mass is 334 g/mol. The minimum atomic E-state index is 0.735. The van der Waals surface area contributed by atoms with Gasteiger partial charge in [-0.3, -0.25) is 0 Å². The second-order valence-corrected chi connectivity index (χ2v) is 4.68. The van der Waals surface area contributed by atoms with E-state index in [4.69, 9.17) is 13.9 Å². The summed E-state index contributed by atoms with van der Waals surface area (Å²) in [5.74, 6) is 2.39. The first-order valence-corrected chi connectivity index (χ1v) is 5.98. The molecule has 0 spiro atoms. The summed E-state index contributed by atoms with van der Waals surface area (Å²) in [6, 6.07) is 5.74. The predicted octanol–water partition coefficient (Wildman–Crippen LogP) is 2.46. The Morgan fingerprint density at radius 3 is 2.50 bits per heavy atom. The molecule has 0 amide bonds. The summed E-state index contributed by atoms with van der Waals surface area (Å²) in [6.45, 7) is 1.93. The van der Waals surface area contributed by atoms with Gasteiger partial charge in [-0.05, 0) is 0 Å². The molecule has 0 bridgehead atoms. The van der Waals surface area contributed by atoms with Crippen molar-refractivity contribution in [1.82, 2.24) is 0 Å². The van der Waals surface area contributed by atoms with Crippen molar-refractivity contribution in [3.63, 3.8) is 0 Å². The fourth-order valence-electron chi connectivity index (χ4n) is 1.63. The molecular formula is C12H12O3Te. The third-order valence-electron chi connectivity index (χ3n) is 2.35. The third kappa shape index (κ3) is 1.95. The average molecular weight is 332 g/mol. The molecule has 0 radical (unpaired) electrons. The van der Waals surface area contributed by atoms with Crippen LogP contribution >= 0.6 is 0 Å². The maximum atomic E-state index is 5.67. The summed E-state index contributed by atoms with van der Waals surface area (Å²) in [6.07, 6.45) is 0. The molecule has 3 nitrogen and oxygen atoms in total. The van der Waals surface area contributed by atoms with Crippen LogP contribution in [0.25, 0.3) is 11.0 Å². The van der Waals surface area contributed by atoms with E-state index in [1.165, 1.54) is 0 Å². The van der Waals surface area contributed by atoms with Crippen LogP contribution in [0.3, 0.4) is 0 Å². The zero-order valence-corrected chi connectivity index (χ0v) is 11.7. The quantitative estimate of drug-likeness (QED) is 0.792. The van der Waals surface area contributed by atoms with Crippen molar-refractivity contribution >= 4 is 32.8 Å². The number of hydrogen-bond donors (Lipinski definition) is 0. The Bertz CT molecular complexity index is 587. The number of methoxy groups -OCH3 is 2. The zero-order valence-electron chi connectivity index (χ0n) is 9.37. The van der Waals surface area contributed by atoms with Crippen molar-refractivity contribution in [2.75, 3.05) is 14.2 Å². The van der Waals surface area contributed by atoms with E-state index >= 15 is 0 Å². The van der Waals surface area contributed by atoms with Crippen LogP contribution in [-0.2, 0) is 0 Å². The van der Waals surface area contributed by atoms with E-state index in [0.29, 0.717) is 0 Å². The van der Waals surface area contributed by atoms with E-state index in [-0.39, 0.29) is 0 Å². The van der Waals surface area contributed by atoms with Crippen molar-refractivity contribution in [3.8, 4) is 11.5 Å². The summed E-state index contributed by atoms with van der Waals surface area (Å²) in [7, 11) is 3.28. The predicted molar refractivity (Wildman–Crippen MR) is 63.1 cm³/mol. The topological polar surface area (TPSA) is 31.6 Å². The Labute approximate surface area is 106 Å². The number of benzene rings is 1. The molecule has 1 heterocycles. The van der Waals surface area contributed by atoms with Gasteiger partial charge in [-0.1, -0.05) is 0 Å². The van der Waals surface area contributed by atoms with Crippen LogP contribution in [0.2, 0.25) is 0 Å². The van der Waals surface area contributed by atoms with Crippen LogP contribution in [0.4, 0.5) is 0 Å². The van der Waals surface area contributed by atoms with Gasteiger partial charge in [0.2, 0.25) is 0 Å². The molecular weight excluding hydrogens is 320 g/mol. The van der Waals surface area contributed by atoms with Crippen molar-refractivity contribution < 1.29 is 13.9 Å². The van der Waals surface area contributed by atoms with Crippen LogP contribution in [-0.4, -0.2) is 36.0 Å². The van der Waals surface area contributed by atoms with Crippen LogP contribution in [0.5, 0.6) is 11.5 Å². The molecule has 1 aromatic heterocycles. The molecule has 0 aliphatic rings. The van der Waals surface area contributed by atoms with Crippen molar-refractivity contribution in [3.05, 3.63) is 27.2 Å². The third-order valence-corrected chi connectivity index (χ3v) is 3.27. The molecule has 4 heteroatoms.